The van der Waals surface area contributed by atoms with Crippen molar-refractivity contribution < 1.29 is 28.9 Å². The highest BCUT2D eigenvalue weighted by Gasteiger charge is 2.27. The summed E-state index contributed by atoms with van der Waals surface area (Å²) >= 11 is 5.57. The molecule has 1 rings (SSSR count). The Hall–Kier alpha value is -1.53. The van der Waals surface area contributed by atoms with Gasteiger partial charge in [-0.2, -0.15) is 0 Å². The number of aromatic hydroxyl groups is 1. The Morgan fingerprint density at radius 3 is 2.72 bits per heavy atom. The molecular formula is C11H12ClFO5. The van der Waals surface area contributed by atoms with Gasteiger partial charge in [-0.15, -0.1) is 0 Å². The van der Waals surface area contributed by atoms with Crippen LogP contribution in [0.15, 0.2) is 6.07 Å². The zero-order chi connectivity index (χ0) is 13.9. The molecule has 0 fully saturated rings. The molecule has 0 spiro atoms. The van der Waals surface area contributed by atoms with Gasteiger partial charge in [-0.1, -0.05) is 11.6 Å². The minimum Gasteiger partial charge on any atom is -0.504 e. The van der Waals surface area contributed by atoms with Crippen LogP contribution in [0.3, 0.4) is 0 Å². The first-order chi connectivity index (χ1) is 8.43. The molecular weight excluding hydrogens is 267 g/mol. The monoisotopic (exact) mass is 278 g/mol. The lowest BCUT2D eigenvalue weighted by molar-refractivity contribution is -0.153. The molecule has 0 aromatic heterocycles. The zero-order valence-electron chi connectivity index (χ0n) is 9.74. The minimum absolute atomic E-state index is 0.0583. The van der Waals surface area contributed by atoms with Gasteiger partial charge in [0.25, 0.3) is 0 Å². The van der Waals surface area contributed by atoms with Crippen molar-refractivity contribution in [3.63, 3.8) is 0 Å². The quantitative estimate of drug-likeness (QED) is 0.821. The highest BCUT2D eigenvalue weighted by Crippen LogP contribution is 2.40. The standard InChI is InChI=1S/C11H12ClFO5/c1-3-18-11(16)9(15)5-4-6(12)7(13)10(17-2)8(5)14/h4,9,14-15H,3H2,1-2H3. The smallest absolute Gasteiger partial charge is 0.339 e. The van der Waals surface area contributed by atoms with Gasteiger partial charge in [0.05, 0.1) is 18.7 Å². The second kappa shape index (κ2) is 5.88. The average Bonchev–Trinajstić information content (AvgIpc) is 2.34. The van der Waals surface area contributed by atoms with Crippen molar-refractivity contribution in [1.29, 1.82) is 0 Å². The number of carbonyl (C=O) groups is 1. The molecule has 0 bridgehead atoms. The first-order valence-electron chi connectivity index (χ1n) is 5.03. The van der Waals surface area contributed by atoms with Crippen molar-refractivity contribution in [2.24, 2.45) is 0 Å². The number of halogens is 2. The molecule has 0 aliphatic heterocycles. The van der Waals surface area contributed by atoms with Crippen LogP contribution in [0.25, 0.3) is 0 Å². The van der Waals surface area contributed by atoms with Crippen LogP contribution in [0.5, 0.6) is 11.5 Å². The number of aliphatic hydroxyl groups excluding tert-OH is 1. The van der Waals surface area contributed by atoms with Crippen LogP contribution < -0.4 is 4.74 Å². The van der Waals surface area contributed by atoms with E-state index in [9.17, 15) is 19.4 Å². The molecule has 1 aromatic rings. The van der Waals surface area contributed by atoms with E-state index in [0.717, 1.165) is 13.2 Å². The molecule has 0 amide bonds. The van der Waals surface area contributed by atoms with E-state index in [2.05, 4.69) is 9.47 Å². The fraction of sp³-hybridized carbons (Fsp3) is 0.364. The van der Waals surface area contributed by atoms with E-state index in [-0.39, 0.29) is 17.2 Å². The number of phenolic OH excluding ortho intramolecular Hbond substituents is 1. The summed E-state index contributed by atoms with van der Waals surface area (Å²) in [7, 11) is 1.12. The number of carbonyl (C=O) groups excluding carboxylic acids is 1. The lowest BCUT2D eigenvalue weighted by Gasteiger charge is -2.15. The van der Waals surface area contributed by atoms with Crippen molar-refractivity contribution in [1.82, 2.24) is 0 Å². The molecule has 7 heteroatoms. The molecule has 1 atom stereocenters. The number of rotatable bonds is 4. The SMILES string of the molecule is CCOC(=O)C(O)c1cc(Cl)c(F)c(OC)c1O. The van der Waals surface area contributed by atoms with Gasteiger partial charge in [0, 0.05) is 5.56 Å². The van der Waals surface area contributed by atoms with Gasteiger partial charge in [0.2, 0.25) is 0 Å². The molecule has 1 unspecified atom stereocenters. The lowest BCUT2D eigenvalue weighted by atomic mass is 10.1. The summed E-state index contributed by atoms with van der Waals surface area (Å²) in [5, 5.41) is 19.0. The van der Waals surface area contributed by atoms with Gasteiger partial charge in [-0.3, -0.25) is 0 Å². The Morgan fingerprint density at radius 2 is 2.22 bits per heavy atom. The third-order valence-electron chi connectivity index (χ3n) is 2.19. The van der Waals surface area contributed by atoms with E-state index in [1.54, 1.807) is 6.92 Å². The van der Waals surface area contributed by atoms with Gasteiger partial charge in [0.1, 0.15) is 0 Å². The summed E-state index contributed by atoms with van der Waals surface area (Å²) in [6.07, 6.45) is -1.77. The molecule has 0 saturated heterocycles. The number of aliphatic hydroxyl groups is 1. The van der Waals surface area contributed by atoms with Crippen molar-refractivity contribution in [2.45, 2.75) is 13.0 Å². The maximum atomic E-state index is 13.4. The van der Waals surface area contributed by atoms with Crippen molar-refractivity contribution in [3.8, 4) is 11.5 Å². The number of esters is 1. The minimum atomic E-state index is -1.77. The van der Waals surface area contributed by atoms with Gasteiger partial charge in [-0.25, -0.2) is 9.18 Å². The van der Waals surface area contributed by atoms with Crippen LogP contribution in [0.4, 0.5) is 4.39 Å². The second-order valence-electron chi connectivity index (χ2n) is 3.30. The third-order valence-corrected chi connectivity index (χ3v) is 2.46. The average molecular weight is 279 g/mol. The predicted octanol–water partition coefficient (Wildman–Crippen LogP) is 1.79. The second-order valence-corrected chi connectivity index (χ2v) is 3.71. The predicted molar refractivity (Wildman–Crippen MR) is 61.2 cm³/mol. The summed E-state index contributed by atoms with van der Waals surface area (Å²) in [6.45, 7) is 1.62. The van der Waals surface area contributed by atoms with Gasteiger partial charge < -0.3 is 19.7 Å². The molecule has 100 valence electrons. The van der Waals surface area contributed by atoms with Crippen molar-refractivity contribution >= 4 is 17.6 Å². The largest absolute Gasteiger partial charge is 0.504 e. The maximum absolute atomic E-state index is 13.4. The third kappa shape index (κ3) is 2.65. The Kier molecular flexibility index (Phi) is 4.75. The summed E-state index contributed by atoms with van der Waals surface area (Å²) in [5.41, 5.74) is -0.281. The Balaban J connectivity index is 3.25. The van der Waals surface area contributed by atoms with E-state index in [4.69, 9.17) is 11.6 Å². The number of hydrogen-bond acceptors (Lipinski definition) is 5. The number of phenols is 1. The number of hydrogen-bond donors (Lipinski definition) is 2. The topological polar surface area (TPSA) is 76.0 Å². The molecule has 0 aliphatic rings. The van der Waals surface area contributed by atoms with E-state index in [1.165, 1.54) is 0 Å². The summed E-state index contributed by atoms with van der Waals surface area (Å²) in [4.78, 5) is 11.3. The van der Waals surface area contributed by atoms with Crippen LogP contribution in [0.1, 0.15) is 18.6 Å². The highest BCUT2D eigenvalue weighted by molar-refractivity contribution is 6.31. The fourth-order valence-electron chi connectivity index (χ4n) is 1.35. The first kappa shape index (κ1) is 14.5. The van der Waals surface area contributed by atoms with E-state index in [1.807, 2.05) is 0 Å². The molecule has 18 heavy (non-hydrogen) atoms. The molecule has 0 saturated carbocycles. The van der Waals surface area contributed by atoms with E-state index >= 15 is 0 Å². The van der Waals surface area contributed by atoms with Gasteiger partial charge >= 0.3 is 5.97 Å². The number of methoxy groups -OCH3 is 1. The molecule has 0 heterocycles. The van der Waals surface area contributed by atoms with Crippen LogP contribution in [-0.2, 0) is 9.53 Å². The van der Waals surface area contributed by atoms with Crippen LogP contribution in [0, 0.1) is 5.82 Å². The lowest BCUT2D eigenvalue weighted by Crippen LogP contribution is -2.16. The van der Waals surface area contributed by atoms with E-state index < -0.39 is 29.4 Å². The molecule has 1 aromatic carbocycles. The molecule has 0 aliphatic carbocycles. The first-order valence-corrected chi connectivity index (χ1v) is 5.41. The summed E-state index contributed by atoms with van der Waals surface area (Å²) in [6, 6.07) is 0.941. The number of ether oxygens (including phenoxy) is 2. The summed E-state index contributed by atoms with van der Waals surface area (Å²) in [5.74, 6) is -3.19. The maximum Gasteiger partial charge on any atom is 0.339 e. The van der Waals surface area contributed by atoms with Gasteiger partial charge in [-0.05, 0) is 13.0 Å². The van der Waals surface area contributed by atoms with Crippen molar-refractivity contribution in [3.05, 3.63) is 22.5 Å². The van der Waals surface area contributed by atoms with Crippen LogP contribution in [-0.4, -0.2) is 29.9 Å². The number of benzene rings is 1. The van der Waals surface area contributed by atoms with Gasteiger partial charge in [0.15, 0.2) is 23.4 Å². The Morgan fingerprint density at radius 1 is 1.61 bits per heavy atom. The molecule has 0 radical (unpaired) electrons. The highest BCUT2D eigenvalue weighted by atomic mass is 35.5. The Labute approximate surface area is 108 Å². The zero-order valence-corrected chi connectivity index (χ0v) is 10.5. The molecule has 2 N–H and O–H groups in total. The normalized spacial score (nSPS) is 12.1. The Bertz CT molecular complexity index is 463. The van der Waals surface area contributed by atoms with Crippen molar-refractivity contribution in [2.75, 3.05) is 13.7 Å². The van der Waals surface area contributed by atoms with Crippen LogP contribution >= 0.6 is 11.6 Å². The van der Waals surface area contributed by atoms with E-state index in [0.29, 0.717) is 0 Å². The fourth-order valence-corrected chi connectivity index (χ4v) is 1.56. The molecule has 5 nitrogen and oxygen atoms in total. The van der Waals surface area contributed by atoms with Crippen LogP contribution in [0.2, 0.25) is 5.02 Å². The summed E-state index contributed by atoms with van der Waals surface area (Å²) < 4.78 is 22.6.